The smallest absolute Gasteiger partial charge is 0.0581 e. The highest BCUT2D eigenvalue weighted by Gasteiger charge is 2.15. The Morgan fingerprint density at radius 2 is 1.81 bits per heavy atom. The first kappa shape index (κ1) is 14.7. The van der Waals surface area contributed by atoms with Crippen molar-refractivity contribution in [1.82, 2.24) is 10.3 Å². The van der Waals surface area contributed by atoms with Crippen LogP contribution in [0.15, 0.2) is 63.8 Å². The normalized spacial score (nSPS) is 12.5. The molecule has 21 heavy (non-hydrogen) atoms. The maximum Gasteiger partial charge on any atom is 0.0581 e. The van der Waals surface area contributed by atoms with Crippen LogP contribution < -0.4 is 5.32 Å². The summed E-state index contributed by atoms with van der Waals surface area (Å²) in [5.74, 6) is 0. The van der Waals surface area contributed by atoms with Crippen LogP contribution in [0.1, 0.15) is 17.2 Å². The molecule has 1 N–H and O–H groups in total. The van der Waals surface area contributed by atoms with Crippen molar-refractivity contribution in [2.75, 3.05) is 7.05 Å². The number of hydrogen-bond donors (Lipinski definition) is 1. The number of aromatic nitrogens is 1. The number of nitrogens with zero attached hydrogens (tertiary/aromatic N) is 1. The summed E-state index contributed by atoms with van der Waals surface area (Å²) in [6.45, 7) is 0. The van der Waals surface area contributed by atoms with E-state index in [9.17, 15) is 0 Å². The molecule has 0 fully saturated rings. The Morgan fingerprint density at radius 3 is 2.52 bits per heavy atom. The van der Waals surface area contributed by atoms with Crippen molar-refractivity contribution in [3.8, 4) is 0 Å². The van der Waals surface area contributed by atoms with Crippen LogP contribution in [0, 0.1) is 0 Å². The van der Waals surface area contributed by atoms with Crippen LogP contribution in [0.25, 0.3) is 10.8 Å². The van der Waals surface area contributed by atoms with Crippen LogP contribution in [-0.2, 0) is 0 Å². The summed E-state index contributed by atoms with van der Waals surface area (Å²) < 4.78 is 2.13. The standard InChI is InChI=1S/C17H14Br2N2/c1-20-17(12-7-13(18)9-14(19)8-12)16-4-2-3-11-10-21-6-5-15(11)16/h2-10,17,20H,1H3. The van der Waals surface area contributed by atoms with E-state index in [0.29, 0.717) is 0 Å². The topological polar surface area (TPSA) is 24.9 Å². The van der Waals surface area contributed by atoms with Gasteiger partial charge in [-0.15, -0.1) is 0 Å². The molecule has 1 atom stereocenters. The minimum Gasteiger partial charge on any atom is -0.309 e. The van der Waals surface area contributed by atoms with Crippen molar-refractivity contribution < 1.29 is 0 Å². The molecule has 2 aromatic carbocycles. The van der Waals surface area contributed by atoms with E-state index in [1.54, 1.807) is 0 Å². The van der Waals surface area contributed by atoms with Gasteiger partial charge in [0.05, 0.1) is 6.04 Å². The van der Waals surface area contributed by atoms with Gasteiger partial charge < -0.3 is 5.32 Å². The highest BCUT2D eigenvalue weighted by atomic mass is 79.9. The molecule has 0 saturated heterocycles. The largest absolute Gasteiger partial charge is 0.309 e. The lowest BCUT2D eigenvalue weighted by atomic mass is 9.94. The second kappa shape index (κ2) is 6.26. The average molecular weight is 406 g/mol. The quantitative estimate of drug-likeness (QED) is 0.657. The third-order valence-corrected chi connectivity index (χ3v) is 4.45. The van der Waals surface area contributed by atoms with E-state index < -0.39 is 0 Å². The van der Waals surface area contributed by atoms with Gasteiger partial charge in [-0.25, -0.2) is 0 Å². The molecule has 0 radical (unpaired) electrons. The molecule has 0 aliphatic heterocycles. The zero-order valence-electron chi connectivity index (χ0n) is 11.5. The van der Waals surface area contributed by atoms with Crippen molar-refractivity contribution in [2.24, 2.45) is 0 Å². The van der Waals surface area contributed by atoms with Gasteiger partial charge in [-0.05, 0) is 47.8 Å². The number of rotatable bonds is 3. The van der Waals surface area contributed by atoms with Gasteiger partial charge in [-0.2, -0.15) is 0 Å². The molecule has 3 rings (SSSR count). The van der Waals surface area contributed by atoms with Crippen LogP contribution in [0.2, 0.25) is 0 Å². The van der Waals surface area contributed by atoms with E-state index in [1.807, 2.05) is 25.5 Å². The number of hydrogen-bond acceptors (Lipinski definition) is 2. The lowest BCUT2D eigenvalue weighted by molar-refractivity contribution is 0.696. The van der Waals surface area contributed by atoms with Gasteiger partial charge in [0.1, 0.15) is 0 Å². The van der Waals surface area contributed by atoms with Crippen molar-refractivity contribution in [2.45, 2.75) is 6.04 Å². The number of halogens is 2. The van der Waals surface area contributed by atoms with Gasteiger partial charge in [0.15, 0.2) is 0 Å². The van der Waals surface area contributed by atoms with Gasteiger partial charge in [0.2, 0.25) is 0 Å². The first-order valence-electron chi connectivity index (χ1n) is 6.65. The molecule has 106 valence electrons. The summed E-state index contributed by atoms with van der Waals surface area (Å²) >= 11 is 7.13. The lowest BCUT2D eigenvalue weighted by Crippen LogP contribution is -2.18. The molecular formula is C17H14Br2N2. The minimum atomic E-state index is 0.130. The van der Waals surface area contributed by atoms with Gasteiger partial charge in [-0.1, -0.05) is 50.1 Å². The fourth-order valence-electron chi connectivity index (χ4n) is 2.64. The molecule has 0 amide bonds. The summed E-state index contributed by atoms with van der Waals surface area (Å²) in [6, 6.07) is 14.9. The molecule has 0 saturated carbocycles. The third-order valence-electron chi connectivity index (χ3n) is 3.53. The van der Waals surface area contributed by atoms with E-state index in [2.05, 4.69) is 78.6 Å². The number of pyridine rings is 1. The summed E-state index contributed by atoms with van der Waals surface area (Å²) in [4.78, 5) is 4.20. The fraction of sp³-hybridized carbons (Fsp3) is 0.118. The third kappa shape index (κ3) is 3.03. The van der Waals surface area contributed by atoms with Gasteiger partial charge in [0, 0.05) is 26.7 Å². The predicted molar refractivity (Wildman–Crippen MR) is 94.5 cm³/mol. The number of benzene rings is 2. The van der Waals surface area contributed by atoms with E-state index >= 15 is 0 Å². The zero-order valence-corrected chi connectivity index (χ0v) is 14.6. The molecule has 1 heterocycles. The molecular weight excluding hydrogens is 392 g/mol. The SMILES string of the molecule is CNC(c1cc(Br)cc(Br)c1)c1cccc2cnccc12. The van der Waals surface area contributed by atoms with E-state index in [0.717, 1.165) is 14.3 Å². The van der Waals surface area contributed by atoms with Crippen LogP contribution >= 0.6 is 31.9 Å². The van der Waals surface area contributed by atoms with Gasteiger partial charge in [-0.3, -0.25) is 4.98 Å². The van der Waals surface area contributed by atoms with Crippen LogP contribution in [0.5, 0.6) is 0 Å². The Labute approximate surface area is 140 Å². The second-order valence-corrected chi connectivity index (χ2v) is 6.70. The Morgan fingerprint density at radius 1 is 1.05 bits per heavy atom. The number of fused-ring (bicyclic) bond motifs is 1. The summed E-state index contributed by atoms with van der Waals surface area (Å²) in [7, 11) is 1.99. The molecule has 2 nitrogen and oxygen atoms in total. The lowest BCUT2D eigenvalue weighted by Gasteiger charge is -2.20. The Kier molecular flexibility index (Phi) is 4.38. The van der Waals surface area contributed by atoms with Gasteiger partial charge >= 0.3 is 0 Å². The first-order chi connectivity index (χ1) is 10.2. The van der Waals surface area contributed by atoms with Gasteiger partial charge in [0.25, 0.3) is 0 Å². The molecule has 1 unspecified atom stereocenters. The Hall–Kier alpha value is -1.23. The zero-order chi connectivity index (χ0) is 14.8. The predicted octanol–water partition coefficient (Wildman–Crippen LogP) is 5.07. The molecule has 0 spiro atoms. The summed E-state index contributed by atoms with van der Waals surface area (Å²) in [5, 5.41) is 5.80. The molecule has 0 aliphatic rings. The van der Waals surface area contributed by atoms with E-state index in [-0.39, 0.29) is 6.04 Å². The minimum absolute atomic E-state index is 0.130. The first-order valence-corrected chi connectivity index (χ1v) is 8.23. The molecule has 1 aromatic heterocycles. The number of nitrogens with one attached hydrogen (secondary N) is 1. The summed E-state index contributed by atoms with van der Waals surface area (Å²) in [5.41, 5.74) is 2.46. The second-order valence-electron chi connectivity index (χ2n) is 4.87. The molecule has 0 aliphatic carbocycles. The molecule has 4 heteroatoms. The Bertz CT molecular complexity index is 761. The van der Waals surface area contributed by atoms with Crippen LogP contribution in [-0.4, -0.2) is 12.0 Å². The highest BCUT2D eigenvalue weighted by Crippen LogP contribution is 2.31. The monoisotopic (exact) mass is 404 g/mol. The van der Waals surface area contributed by atoms with Crippen molar-refractivity contribution >= 4 is 42.6 Å². The van der Waals surface area contributed by atoms with E-state index in [4.69, 9.17) is 0 Å². The molecule has 3 aromatic rings. The van der Waals surface area contributed by atoms with Crippen molar-refractivity contribution in [3.05, 3.63) is 74.9 Å². The van der Waals surface area contributed by atoms with E-state index in [1.165, 1.54) is 16.5 Å². The average Bonchev–Trinajstić information content (AvgIpc) is 2.47. The highest BCUT2D eigenvalue weighted by molar-refractivity contribution is 9.11. The van der Waals surface area contributed by atoms with Crippen LogP contribution in [0.4, 0.5) is 0 Å². The Balaban J connectivity index is 2.18. The van der Waals surface area contributed by atoms with Crippen molar-refractivity contribution in [1.29, 1.82) is 0 Å². The fourth-order valence-corrected chi connectivity index (χ4v) is 3.97. The maximum absolute atomic E-state index is 4.20. The van der Waals surface area contributed by atoms with Crippen molar-refractivity contribution in [3.63, 3.8) is 0 Å². The summed E-state index contributed by atoms with van der Waals surface area (Å²) in [6.07, 6.45) is 3.75. The molecule has 0 bridgehead atoms. The van der Waals surface area contributed by atoms with Crippen LogP contribution in [0.3, 0.4) is 0 Å². The maximum atomic E-state index is 4.20.